The predicted octanol–water partition coefficient (Wildman–Crippen LogP) is 2.97. The Morgan fingerprint density at radius 3 is 2.03 bits per heavy atom. The van der Waals surface area contributed by atoms with Crippen molar-refractivity contribution in [3.05, 3.63) is 47.5 Å². The number of rotatable bonds is 9. The number of hydrogen-bond acceptors (Lipinski definition) is 6. The zero-order valence-electron chi connectivity index (χ0n) is 17.0. The van der Waals surface area contributed by atoms with Crippen molar-refractivity contribution in [2.75, 3.05) is 27.9 Å². The van der Waals surface area contributed by atoms with Crippen molar-refractivity contribution in [2.24, 2.45) is 0 Å². The van der Waals surface area contributed by atoms with Crippen LogP contribution in [0, 0.1) is 0 Å². The summed E-state index contributed by atoms with van der Waals surface area (Å²) >= 11 is 0. The molecule has 0 atom stereocenters. The Morgan fingerprint density at radius 1 is 0.862 bits per heavy atom. The summed E-state index contributed by atoms with van der Waals surface area (Å²) in [5.41, 5.74) is 5.36. The number of nitrogens with one attached hydrogen (secondary N) is 2. The van der Waals surface area contributed by atoms with E-state index in [4.69, 9.17) is 18.9 Å². The third kappa shape index (κ3) is 5.78. The van der Waals surface area contributed by atoms with Gasteiger partial charge < -0.3 is 18.9 Å². The van der Waals surface area contributed by atoms with Gasteiger partial charge in [-0.15, -0.1) is 0 Å². The molecular formula is C21H26N2O6. The van der Waals surface area contributed by atoms with E-state index in [0.29, 0.717) is 35.2 Å². The van der Waals surface area contributed by atoms with Crippen LogP contribution in [0.3, 0.4) is 0 Å². The third-order valence-electron chi connectivity index (χ3n) is 4.08. The van der Waals surface area contributed by atoms with Crippen molar-refractivity contribution in [3.63, 3.8) is 0 Å². The molecule has 0 spiro atoms. The van der Waals surface area contributed by atoms with Gasteiger partial charge in [-0.2, -0.15) is 0 Å². The Morgan fingerprint density at radius 2 is 1.48 bits per heavy atom. The molecule has 0 aliphatic carbocycles. The van der Waals surface area contributed by atoms with E-state index in [9.17, 15) is 9.59 Å². The van der Waals surface area contributed by atoms with Gasteiger partial charge in [-0.05, 0) is 36.8 Å². The van der Waals surface area contributed by atoms with E-state index in [1.165, 1.54) is 33.5 Å². The topological polar surface area (TPSA) is 95.1 Å². The minimum atomic E-state index is -0.534. The molecule has 2 aromatic carbocycles. The highest BCUT2D eigenvalue weighted by atomic mass is 16.5. The van der Waals surface area contributed by atoms with E-state index >= 15 is 0 Å². The Hall–Kier alpha value is -3.42. The quantitative estimate of drug-likeness (QED) is 0.495. The van der Waals surface area contributed by atoms with Crippen molar-refractivity contribution >= 4 is 11.8 Å². The van der Waals surface area contributed by atoms with Gasteiger partial charge in [0.05, 0.1) is 27.9 Å². The summed E-state index contributed by atoms with van der Waals surface area (Å²) < 4.78 is 21.3. The molecule has 2 amide bonds. The molecule has 8 heteroatoms. The van der Waals surface area contributed by atoms with Crippen LogP contribution in [0.15, 0.2) is 36.4 Å². The van der Waals surface area contributed by atoms with Gasteiger partial charge in [0.1, 0.15) is 5.75 Å². The van der Waals surface area contributed by atoms with Gasteiger partial charge in [0.25, 0.3) is 11.8 Å². The number of carbonyl (C=O) groups is 2. The molecule has 2 aromatic rings. The molecule has 0 heterocycles. The zero-order valence-corrected chi connectivity index (χ0v) is 17.0. The van der Waals surface area contributed by atoms with E-state index in [0.717, 1.165) is 12.8 Å². The van der Waals surface area contributed by atoms with E-state index in [1.54, 1.807) is 24.3 Å². The molecule has 0 aromatic heterocycles. The molecule has 0 bridgehead atoms. The van der Waals surface area contributed by atoms with Crippen LogP contribution in [0.2, 0.25) is 0 Å². The van der Waals surface area contributed by atoms with Crippen molar-refractivity contribution in [3.8, 4) is 23.0 Å². The maximum absolute atomic E-state index is 12.5. The number of amides is 2. The average molecular weight is 402 g/mol. The second-order valence-corrected chi connectivity index (χ2v) is 6.05. The SMILES string of the molecule is CCCCOc1cccc(C(=O)NNC(=O)c2cc(OC)c(OC)c(OC)c2)c1. The first-order valence-corrected chi connectivity index (χ1v) is 9.17. The number of carbonyl (C=O) groups excluding carboxylic acids is 2. The smallest absolute Gasteiger partial charge is 0.269 e. The number of hydrogen-bond donors (Lipinski definition) is 2. The van der Waals surface area contributed by atoms with Crippen LogP contribution in [0.4, 0.5) is 0 Å². The second kappa shape index (κ2) is 10.8. The highest BCUT2D eigenvalue weighted by molar-refractivity contribution is 5.99. The number of unbranched alkanes of at least 4 members (excludes halogenated alkanes) is 1. The monoisotopic (exact) mass is 402 g/mol. The van der Waals surface area contributed by atoms with Gasteiger partial charge in [0.15, 0.2) is 11.5 Å². The van der Waals surface area contributed by atoms with Crippen LogP contribution in [0.5, 0.6) is 23.0 Å². The van der Waals surface area contributed by atoms with E-state index in [1.807, 2.05) is 0 Å². The largest absolute Gasteiger partial charge is 0.494 e. The summed E-state index contributed by atoms with van der Waals surface area (Å²) in [7, 11) is 4.38. The molecule has 2 rings (SSSR count). The number of benzene rings is 2. The van der Waals surface area contributed by atoms with Crippen LogP contribution >= 0.6 is 0 Å². The van der Waals surface area contributed by atoms with E-state index in [2.05, 4.69) is 17.8 Å². The van der Waals surface area contributed by atoms with Crippen LogP contribution < -0.4 is 29.8 Å². The highest BCUT2D eigenvalue weighted by Gasteiger charge is 2.17. The summed E-state index contributed by atoms with van der Waals surface area (Å²) in [5, 5.41) is 0. The fraction of sp³-hybridized carbons (Fsp3) is 0.333. The molecule has 0 radical (unpaired) electrons. The van der Waals surface area contributed by atoms with Gasteiger partial charge >= 0.3 is 0 Å². The van der Waals surface area contributed by atoms with Crippen molar-refractivity contribution < 1.29 is 28.5 Å². The highest BCUT2D eigenvalue weighted by Crippen LogP contribution is 2.38. The van der Waals surface area contributed by atoms with Gasteiger partial charge in [-0.25, -0.2) is 0 Å². The first kappa shape index (κ1) is 21.9. The first-order chi connectivity index (χ1) is 14.0. The predicted molar refractivity (Wildman–Crippen MR) is 108 cm³/mol. The molecule has 29 heavy (non-hydrogen) atoms. The molecule has 0 aliphatic rings. The van der Waals surface area contributed by atoms with E-state index in [-0.39, 0.29) is 5.56 Å². The third-order valence-corrected chi connectivity index (χ3v) is 4.08. The van der Waals surface area contributed by atoms with Crippen LogP contribution in [0.25, 0.3) is 0 Å². The van der Waals surface area contributed by atoms with E-state index < -0.39 is 11.8 Å². The summed E-state index contributed by atoms with van der Waals surface area (Å²) in [6.45, 7) is 2.66. The number of methoxy groups -OCH3 is 3. The Bertz CT molecular complexity index is 828. The van der Waals surface area contributed by atoms with Crippen molar-refractivity contribution in [1.82, 2.24) is 10.9 Å². The van der Waals surface area contributed by atoms with Crippen molar-refractivity contribution in [2.45, 2.75) is 19.8 Å². The second-order valence-electron chi connectivity index (χ2n) is 6.05. The maximum atomic E-state index is 12.5. The van der Waals surface area contributed by atoms with Crippen LogP contribution in [-0.2, 0) is 0 Å². The normalized spacial score (nSPS) is 10.1. The number of hydrazine groups is 1. The van der Waals surface area contributed by atoms with Gasteiger partial charge in [-0.3, -0.25) is 20.4 Å². The molecule has 156 valence electrons. The van der Waals surface area contributed by atoms with Crippen molar-refractivity contribution in [1.29, 1.82) is 0 Å². The Labute approximate surface area is 170 Å². The van der Waals surface area contributed by atoms with Gasteiger partial charge in [-0.1, -0.05) is 19.4 Å². The molecular weight excluding hydrogens is 376 g/mol. The van der Waals surface area contributed by atoms with Crippen LogP contribution in [-0.4, -0.2) is 39.8 Å². The Balaban J connectivity index is 2.05. The summed E-state index contributed by atoms with van der Waals surface area (Å²) in [5.74, 6) is 0.637. The lowest BCUT2D eigenvalue weighted by Gasteiger charge is -2.14. The summed E-state index contributed by atoms with van der Waals surface area (Å²) in [6.07, 6.45) is 1.95. The Kier molecular flexibility index (Phi) is 8.14. The summed E-state index contributed by atoms with van der Waals surface area (Å²) in [6, 6.07) is 9.73. The lowest BCUT2D eigenvalue weighted by molar-refractivity contribution is 0.0846. The minimum absolute atomic E-state index is 0.233. The molecule has 0 fully saturated rings. The summed E-state index contributed by atoms with van der Waals surface area (Å²) in [4.78, 5) is 24.8. The zero-order chi connectivity index (χ0) is 21.2. The molecule has 0 saturated carbocycles. The molecule has 0 aliphatic heterocycles. The maximum Gasteiger partial charge on any atom is 0.269 e. The molecule has 0 unspecified atom stereocenters. The standard InChI is InChI=1S/C21H26N2O6/c1-5-6-10-29-16-9-7-8-14(11-16)20(24)22-23-21(25)15-12-17(26-2)19(28-4)18(13-15)27-3/h7-9,11-13H,5-6,10H2,1-4H3,(H,22,24)(H,23,25). The molecule has 0 saturated heterocycles. The fourth-order valence-corrected chi connectivity index (χ4v) is 2.53. The molecule has 2 N–H and O–H groups in total. The molecule has 8 nitrogen and oxygen atoms in total. The lowest BCUT2D eigenvalue weighted by Crippen LogP contribution is -2.41. The van der Waals surface area contributed by atoms with Gasteiger partial charge in [0, 0.05) is 11.1 Å². The lowest BCUT2D eigenvalue weighted by atomic mass is 10.1. The minimum Gasteiger partial charge on any atom is -0.494 e. The number of ether oxygens (including phenoxy) is 4. The first-order valence-electron chi connectivity index (χ1n) is 9.17. The average Bonchev–Trinajstić information content (AvgIpc) is 2.76. The van der Waals surface area contributed by atoms with Gasteiger partial charge in [0.2, 0.25) is 5.75 Å². The fourth-order valence-electron chi connectivity index (χ4n) is 2.53. The van der Waals surface area contributed by atoms with Crippen LogP contribution in [0.1, 0.15) is 40.5 Å².